The molecule has 2 N–H and O–H groups in total. The summed E-state index contributed by atoms with van der Waals surface area (Å²) < 4.78 is 52.4. The maximum absolute atomic E-state index is 16.1. The van der Waals surface area contributed by atoms with Crippen molar-refractivity contribution in [2.24, 2.45) is 10.4 Å². The average Bonchev–Trinajstić information content (AvgIpc) is 3.71. The summed E-state index contributed by atoms with van der Waals surface area (Å²) in [4.78, 5) is 36.3. The Bertz CT molecular complexity index is 1530. The number of aromatic nitrogens is 1. The number of carbonyl (C=O) groups excluding carboxylic acids is 1. The molecule has 0 bridgehead atoms. The predicted molar refractivity (Wildman–Crippen MR) is 168 cm³/mol. The number of likely N-dealkylation sites (tertiary alicyclic amines) is 1. The lowest BCUT2D eigenvalue weighted by Gasteiger charge is -2.37. The number of alkyl halides is 2. The molecule has 4 heterocycles. The Hall–Kier alpha value is -3.33. The number of hydrogen-bond donors (Lipinski definition) is 2. The zero-order chi connectivity index (χ0) is 33.6. The van der Waals surface area contributed by atoms with Crippen LogP contribution in [0.4, 0.5) is 13.2 Å². The van der Waals surface area contributed by atoms with E-state index in [0.717, 1.165) is 0 Å². The van der Waals surface area contributed by atoms with Crippen LogP contribution in [0.15, 0.2) is 46.0 Å². The molecule has 0 saturated carbocycles. The Morgan fingerprint density at radius 3 is 2.65 bits per heavy atom. The van der Waals surface area contributed by atoms with Crippen LogP contribution < -0.4 is 5.32 Å². The van der Waals surface area contributed by atoms with Gasteiger partial charge in [0.2, 0.25) is 0 Å². The number of thiazole rings is 1. The minimum atomic E-state index is -3.13. The highest BCUT2D eigenvalue weighted by Crippen LogP contribution is 2.44. The van der Waals surface area contributed by atoms with Crippen LogP contribution in [-0.4, -0.2) is 99.6 Å². The minimum absolute atomic E-state index is 0.0550. The lowest BCUT2D eigenvalue weighted by Crippen LogP contribution is -2.52. The number of nitrogens with one attached hydrogen (secondary N) is 1. The van der Waals surface area contributed by atoms with Gasteiger partial charge in [0.1, 0.15) is 17.9 Å². The van der Waals surface area contributed by atoms with Crippen LogP contribution in [0.5, 0.6) is 0 Å². The second kappa shape index (κ2) is 13.1. The van der Waals surface area contributed by atoms with Gasteiger partial charge in [-0.3, -0.25) is 14.7 Å². The Morgan fingerprint density at radius 1 is 1.28 bits per heavy atom. The quantitative estimate of drug-likeness (QED) is 0.333. The minimum Gasteiger partial charge on any atom is -0.481 e. The number of fused-ring (bicyclic) bond motifs is 1. The van der Waals surface area contributed by atoms with Gasteiger partial charge in [0, 0.05) is 49.0 Å². The number of ether oxygens (including phenoxy) is 1. The van der Waals surface area contributed by atoms with Crippen molar-refractivity contribution < 1.29 is 32.6 Å². The Labute approximate surface area is 270 Å². The molecule has 0 unspecified atom stereocenters. The van der Waals surface area contributed by atoms with Crippen molar-refractivity contribution in [3.05, 3.63) is 63.0 Å². The monoisotopic (exact) mass is 662 g/mol. The highest BCUT2D eigenvalue weighted by atomic mass is 32.1. The molecule has 3 aliphatic rings. The molecule has 0 spiro atoms. The van der Waals surface area contributed by atoms with E-state index in [-0.39, 0.29) is 37.7 Å². The number of amidine groups is 1. The van der Waals surface area contributed by atoms with Gasteiger partial charge in [-0.15, -0.1) is 11.3 Å². The van der Waals surface area contributed by atoms with E-state index in [1.807, 2.05) is 18.9 Å². The summed E-state index contributed by atoms with van der Waals surface area (Å²) in [6.07, 6.45) is 1.80. The van der Waals surface area contributed by atoms with E-state index in [4.69, 9.17) is 9.73 Å². The number of benzene rings is 1. The molecule has 1 aromatic carbocycles. The van der Waals surface area contributed by atoms with Gasteiger partial charge in [-0.25, -0.2) is 33.0 Å². The fourth-order valence-corrected chi connectivity index (χ4v) is 7.06. The van der Waals surface area contributed by atoms with Gasteiger partial charge < -0.3 is 15.2 Å². The number of halogens is 3. The Morgan fingerprint density at radius 2 is 2.02 bits per heavy atom. The lowest BCUT2D eigenvalue weighted by molar-refractivity contribution is -0.150. The largest absolute Gasteiger partial charge is 0.481 e. The summed E-state index contributed by atoms with van der Waals surface area (Å²) in [6, 6.07) is 1.68. The van der Waals surface area contributed by atoms with Crippen LogP contribution in [0.3, 0.4) is 0 Å². The van der Waals surface area contributed by atoms with Crippen molar-refractivity contribution in [3.63, 3.8) is 0 Å². The second-order valence-corrected chi connectivity index (χ2v) is 13.8. The molecule has 0 amide bonds. The highest BCUT2D eigenvalue weighted by Gasteiger charge is 2.62. The van der Waals surface area contributed by atoms with Crippen molar-refractivity contribution in [2.45, 2.75) is 78.1 Å². The summed E-state index contributed by atoms with van der Waals surface area (Å²) in [5, 5.41) is 18.7. The van der Waals surface area contributed by atoms with Crippen molar-refractivity contribution in [2.75, 3.05) is 32.8 Å². The molecule has 10 nitrogen and oxygen atoms in total. The third-order valence-corrected chi connectivity index (χ3v) is 9.85. The molecule has 2 saturated heterocycles. The fourth-order valence-electron chi connectivity index (χ4n) is 6.47. The van der Waals surface area contributed by atoms with Crippen molar-refractivity contribution in [3.8, 4) is 0 Å². The van der Waals surface area contributed by atoms with E-state index in [1.165, 1.54) is 17.4 Å². The number of carbonyl (C=O) groups is 2. The first-order valence-electron chi connectivity index (χ1n) is 15.4. The van der Waals surface area contributed by atoms with Gasteiger partial charge in [0.15, 0.2) is 10.8 Å². The van der Waals surface area contributed by atoms with Crippen LogP contribution in [0.1, 0.15) is 63.2 Å². The van der Waals surface area contributed by atoms with E-state index in [1.54, 1.807) is 61.3 Å². The number of carboxylic acid groups (broad SMARTS) is 1. The molecule has 46 heavy (non-hydrogen) atoms. The zero-order valence-electron chi connectivity index (χ0n) is 26.9. The molecule has 3 atom stereocenters. The number of esters is 1. The second-order valence-electron chi connectivity index (χ2n) is 12.9. The molecule has 2 fully saturated rings. The smallest absolute Gasteiger partial charge is 0.338 e. The van der Waals surface area contributed by atoms with E-state index in [9.17, 15) is 19.1 Å². The first-order valence-corrected chi connectivity index (χ1v) is 16.3. The first kappa shape index (κ1) is 34.0. The standard InChI is InChI=1S/C32H41F3N6O4S/c1-7-45-29(42)24-22(37-27(28-36-12-14-46-28)38-25(24)20-9-8-10-21(33)19(20)4)15-39-17-32(34,35)26-23(39)16-41(18(2)3)40(26)13-11-31(5,6)30(43)44/h8-10,12,14,18,23,25-26H,7,11,13,15-17H2,1-6H3,(H,37,38)(H,43,44)/t23-,25-,26+/m0/s1. The number of carboxylic acids is 1. The zero-order valence-corrected chi connectivity index (χ0v) is 27.7. The maximum Gasteiger partial charge on any atom is 0.338 e. The molecule has 1 aromatic heterocycles. The lowest BCUT2D eigenvalue weighted by atomic mass is 9.89. The van der Waals surface area contributed by atoms with E-state index >= 15 is 8.78 Å². The van der Waals surface area contributed by atoms with Crippen LogP contribution >= 0.6 is 11.3 Å². The van der Waals surface area contributed by atoms with Crippen LogP contribution in [0, 0.1) is 18.2 Å². The summed E-state index contributed by atoms with van der Waals surface area (Å²) in [7, 11) is 0. The number of rotatable bonds is 11. The van der Waals surface area contributed by atoms with Gasteiger partial charge in [-0.05, 0) is 65.2 Å². The topological polar surface area (TPSA) is 111 Å². The summed E-state index contributed by atoms with van der Waals surface area (Å²) in [5.41, 5.74) is 0.148. The third kappa shape index (κ3) is 6.44. The van der Waals surface area contributed by atoms with Gasteiger partial charge in [0.05, 0.1) is 24.1 Å². The third-order valence-electron chi connectivity index (χ3n) is 9.07. The summed E-state index contributed by atoms with van der Waals surface area (Å²) >= 11 is 1.32. The number of hydrazine groups is 1. The van der Waals surface area contributed by atoms with Crippen LogP contribution in [0.25, 0.3) is 0 Å². The fraction of sp³-hybridized carbons (Fsp3) is 0.562. The van der Waals surface area contributed by atoms with Gasteiger partial charge in [-0.1, -0.05) is 12.1 Å². The van der Waals surface area contributed by atoms with E-state index in [2.05, 4.69) is 10.3 Å². The molecule has 5 rings (SSSR count). The highest BCUT2D eigenvalue weighted by molar-refractivity contribution is 7.11. The predicted octanol–water partition coefficient (Wildman–Crippen LogP) is 4.63. The van der Waals surface area contributed by atoms with E-state index in [0.29, 0.717) is 34.2 Å². The normalized spacial score (nSPS) is 23.9. The Kier molecular flexibility index (Phi) is 9.65. The molecule has 14 heteroatoms. The van der Waals surface area contributed by atoms with Gasteiger partial charge >= 0.3 is 11.9 Å². The molecule has 0 radical (unpaired) electrons. The summed E-state index contributed by atoms with van der Waals surface area (Å²) in [5.74, 6) is -4.90. The SMILES string of the molecule is CCOC(=O)C1=C(CN2CC(F)(F)[C@H]3[C@@H]2CN(C(C)C)N3CCC(C)(C)C(=O)O)NC(c2nccs2)=N[C@H]1c1cccc(F)c1C. The number of nitrogens with zero attached hydrogens (tertiary/aromatic N) is 5. The molecular formula is C32H41F3N6O4S. The van der Waals surface area contributed by atoms with Gasteiger partial charge in [-0.2, -0.15) is 0 Å². The van der Waals surface area contributed by atoms with E-state index < -0.39 is 53.8 Å². The molecular weight excluding hydrogens is 621 g/mol. The van der Waals surface area contributed by atoms with Crippen molar-refractivity contribution >= 4 is 29.1 Å². The summed E-state index contributed by atoms with van der Waals surface area (Å²) in [6.45, 7) is 10.2. The Balaban J connectivity index is 1.55. The number of aliphatic imine (C=N–C) groups is 1. The number of aliphatic carboxylic acids is 1. The molecule has 0 aliphatic carbocycles. The molecule has 250 valence electrons. The van der Waals surface area contributed by atoms with Crippen molar-refractivity contribution in [1.29, 1.82) is 0 Å². The molecule has 3 aliphatic heterocycles. The average molecular weight is 663 g/mol. The van der Waals surface area contributed by atoms with Gasteiger partial charge in [0.25, 0.3) is 5.92 Å². The van der Waals surface area contributed by atoms with Crippen LogP contribution in [-0.2, 0) is 14.3 Å². The first-order chi connectivity index (χ1) is 21.7. The van der Waals surface area contributed by atoms with Crippen molar-refractivity contribution in [1.82, 2.24) is 25.2 Å². The molecule has 2 aromatic rings. The van der Waals surface area contributed by atoms with Crippen LogP contribution in [0.2, 0.25) is 0 Å². The number of hydrogen-bond acceptors (Lipinski definition) is 10. The maximum atomic E-state index is 16.1.